The van der Waals surface area contributed by atoms with Crippen molar-refractivity contribution >= 4 is 0 Å². The number of phenolic OH excluding ortho intramolecular Hbond substituents is 1. The lowest BCUT2D eigenvalue weighted by Crippen LogP contribution is -2.13. The van der Waals surface area contributed by atoms with Crippen LogP contribution in [0.15, 0.2) is 12.1 Å². The van der Waals surface area contributed by atoms with E-state index in [1.165, 1.54) is 6.42 Å². The predicted octanol–water partition coefficient (Wildman–Crippen LogP) is 2.39. The second kappa shape index (κ2) is 4.74. The minimum absolute atomic E-state index is 0.302. The summed E-state index contributed by atoms with van der Waals surface area (Å²) in [6.07, 6.45) is 3.20. The third-order valence-electron chi connectivity index (χ3n) is 3.25. The van der Waals surface area contributed by atoms with E-state index in [0.717, 1.165) is 36.3 Å². The van der Waals surface area contributed by atoms with E-state index in [9.17, 15) is 5.11 Å². The third kappa shape index (κ3) is 2.00. The molecule has 1 aromatic rings. The molecule has 1 fully saturated rings. The van der Waals surface area contributed by atoms with Crippen LogP contribution in [0, 0.1) is 0 Å². The first-order chi connectivity index (χ1) is 7.76. The molecule has 88 valence electrons. The molecule has 0 bridgehead atoms. The zero-order chi connectivity index (χ0) is 11.5. The number of ether oxygens (including phenoxy) is 1. The van der Waals surface area contributed by atoms with Gasteiger partial charge in [-0.05, 0) is 37.4 Å². The van der Waals surface area contributed by atoms with E-state index < -0.39 is 0 Å². The second-order valence-corrected chi connectivity index (χ2v) is 4.23. The fourth-order valence-electron chi connectivity index (χ4n) is 2.33. The number of hydrogen-bond acceptors (Lipinski definition) is 3. The topological polar surface area (TPSA) is 41.5 Å². The van der Waals surface area contributed by atoms with Crippen LogP contribution >= 0.6 is 0 Å². The van der Waals surface area contributed by atoms with Gasteiger partial charge in [-0.3, -0.25) is 0 Å². The fourth-order valence-corrected chi connectivity index (χ4v) is 2.33. The molecule has 1 unspecified atom stereocenters. The van der Waals surface area contributed by atoms with Gasteiger partial charge in [0.1, 0.15) is 11.5 Å². The van der Waals surface area contributed by atoms with Crippen LogP contribution in [0.4, 0.5) is 0 Å². The van der Waals surface area contributed by atoms with Gasteiger partial charge in [0, 0.05) is 17.7 Å². The average Bonchev–Trinajstić information content (AvgIpc) is 2.82. The van der Waals surface area contributed by atoms with Gasteiger partial charge in [0.15, 0.2) is 0 Å². The first-order valence-corrected chi connectivity index (χ1v) is 5.89. The van der Waals surface area contributed by atoms with Crippen LogP contribution in [0.2, 0.25) is 0 Å². The van der Waals surface area contributed by atoms with E-state index in [-0.39, 0.29) is 0 Å². The minimum Gasteiger partial charge on any atom is -0.507 e. The molecule has 1 aromatic carbocycles. The van der Waals surface area contributed by atoms with Crippen LogP contribution < -0.4 is 10.1 Å². The summed E-state index contributed by atoms with van der Waals surface area (Å²) < 4.78 is 5.25. The molecule has 1 aliphatic heterocycles. The molecule has 0 spiro atoms. The highest BCUT2D eigenvalue weighted by Crippen LogP contribution is 2.35. The molecule has 1 saturated heterocycles. The van der Waals surface area contributed by atoms with Gasteiger partial charge in [0.25, 0.3) is 0 Å². The summed E-state index contributed by atoms with van der Waals surface area (Å²) in [4.78, 5) is 0. The van der Waals surface area contributed by atoms with Gasteiger partial charge in [0.2, 0.25) is 0 Å². The molecule has 2 N–H and O–H groups in total. The van der Waals surface area contributed by atoms with Crippen molar-refractivity contribution in [2.24, 2.45) is 0 Å². The lowest BCUT2D eigenvalue weighted by Gasteiger charge is -2.16. The summed E-state index contributed by atoms with van der Waals surface area (Å²) in [7, 11) is 1.64. The van der Waals surface area contributed by atoms with Crippen molar-refractivity contribution in [3.05, 3.63) is 23.3 Å². The molecular formula is C13H19NO2. The second-order valence-electron chi connectivity index (χ2n) is 4.23. The van der Waals surface area contributed by atoms with Gasteiger partial charge in [-0.2, -0.15) is 0 Å². The normalized spacial score (nSPS) is 20.0. The maximum atomic E-state index is 9.98. The summed E-state index contributed by atoms with van der Waals surface area (Å²) in [6.45, 7) is 3.14. The quantitative estimate of drug-likeness (QED) is 0.823. The Morgan fingerprint density at radius 3 is 2.88 bits per heavy atom. The van der Waals surface area contributed by atoms with Crippen LogP contribution in [-0.2, 0) is 6.42 Å². The van der Waals surface area contributed by atoms with E-state index >= 15 is 0 Å². The molecule has 0 saturated carbocycles. The van der Waals surface area contributed by atoms with Crippen LogP contribution in [0.5, 0.6) is 11.5 Å². The minimum atomic E-state index is 0.302. The molecule has 0 radical (unpaired) electrons. The molecule has 0 aromatic heterocycles. The summed E-state index contributed by atoms with van der Waals surface area (Å²) in [5.41, 5.74) is 2.17. The molecule has 2 rings (SSSR count). The number of methoxy groups -OCH3 is 1. The van der Waals surface area contributed by atoms with E-state index in [1.807, 2.05) is 0 Å². The number of aromatic hydroxyl groups is 1. The molecule has 1 heterocycles. The number of aryl methyl sites for hydroxylation is 1. The SMILES string of the molecule is CCc1cc(C2CCCN2)c(O)cc1OC. The molecule has 0 amide bonds. The molecule has 1 aliphatic rings. The number of hydrogen-bond donors (Lipinski definition) is 2. The zero-order valence-corrected chi connectivity index (χ0v) is 9.92. The monoisotopic (exact) mass is 221 g/mol. The number of phenols is 1. The smallest absolute Gasteiger partial charge is 0.125 e. The van der Waals surface area contributed by atoms with Gasteiger partial charge in [0.05, 0.1) is 7.11 Å². The summed E-state index contributed by atoms with van der Waals surface area (Å²) in [6, 6.07) is 4.10. The Kier molecular flexibility index (Phi) is 3.34. The first kappa shape index (κ1) is 11.3. The standard InChI is InChI=1S/C13H19NO2/c1-3-9-7-10(11-5-4-6-14-11)12(15)8-13(9)16-2/h7-8,11,14-15H,3-6H2,1-2H3. The van der Waals surface area contributed by atoms with Crippen LogP contribution in [0.25, 0.3) is 0 Å². The summed E-state index contributed by atoms with van der Waals surface area (Å²) in [5, 5.41) is 13.4. The van der Waals surface area contributed by atoms with Gasteiger partial charge in [-0.1, -0.05) is 6.92 Å². The van der Waals surface area contributed by atoms with Gasteiger partial charge < -0.3 is 15.2 Å². The fraction of sp³-hybridized carbons (Fsp3) is 0.538. The molecule has 3 nitrogen and oxygen atoms in total. The van der Waals surface area contributed by atoms with Crippen LogP contribution in [-0.4, -0.2) is 18.8 Å². The van der Waals surface area contributed by atoms with E-state index in [0.29, 0.717) is 11.8 Å². The highest BCUT2D eigenvalue weighted by atomic mass is 16.5. The summed E-state index contributed by atoms with van der Waals surface area (Å²) in [5.74, 6) is 1.12. The van der Waals surface area contributed by atoms with Crippen LogP contribution in [0.3, 0.4) is 0 Å². The number of rotatable bonds is 3. The van der Waals surface area contributed by atoms with Gasteiger partial charge in [-0.15, -0.1) is 0 Å². The van der Waals surface area contributed by atoms with Crippen molar-refractivity contribution in [1.29, 1.82) is 0 Å². The molecule has 3 heteroatoms. The first-order valence-electron chi connectivity index (χ1n) is 5.89. The average molecular weight is 221 g/mol. The van der Waals surface area contributed by atoms with E-state index in [2.05, 4.69) is 18.3 Å². The Morgan fingerprint density at radius 2 is 2.31 bits per heavy atom. The highest BCUT2D eigenvalue weighted by molar-refractivity contribution is 5.47. The largest absolute Gasteiger partial charge is 0.507 e. The van der Waals surface area contributed by atoms with Crippen molar-refractivity contribution in [1.82, 2.24) is 5.32 Å². The van der Waals surface area contributed by atoms with Gasteiger partial charge in [-0.25, -0.2) is 0 Å². The van der Waals surface area contributed by atoms with E-state index in [4.69, 9.17) is 4.74 Å². The maximum absolute atomic E-state index is 9.98. The Labute approximate surface area is 96.4 Å². The van der Waals surface area contributed by atoms with E-state index in [1.54, 1.807) is 13.2 Å². The molecule has 1 atom stereocenters. The highest BCUT2D eigenvalue weighted by Gasteiger charge is 2.20. The zero-order valence-electron chi connectivity index (χ0n) is 9.92. The molecule has 16 heavy (non-hydrogen) atoms. The number of benzene rings is 1. The van der Waals surface area contributed by atoms with Crippen molar-refractivity contribution in [2.45, 2.75) is 32.2 Å². The number of nitrogens with one attached hydrogen (secondary N) is 1. The summed E-state index contributed by atoms with van der Waals surface area (Å²) >= 11 is 0. The Balaban J connectivity index is 2.37. The van der Waals surface area contributed by atoms with Crippen molar-refractivity contribution in [2.75, 3.05) is 13.7 Å². The lowest BCUT2D eigenvalue weighted by molar-refractivity contribution is 0.400. The third-order valence-corrected chi connectivity index (χ3v) is 3.25. The molecular weight excluding hydrogens is 202 g/mol. The van der Waals surface area contributed by atoms with Crippen molar-refractivity contribution in [3.8, 4) is 11.5 Å². The molecule has 0 aliphatic carbocycles. The van der Waals surface area contributed by atoms with Gasteiger partial charge >= 0.3 is 0 Å². The Bertz CT molecular complexity index is 370. The Morgan fingerprint density at radius 1 is 1.50 bits per heavy atom. The lowest BCUT2D eigenvalue weighted by atomic mass is 9.99. The predicted molar refractivity (Wildman–Crippen MR) is 64.0 cm³/mol. The van der Waals surface area contributed by atoms with Crippen molar-refractivity contribution < 1.29 is 9.84 Å². The van der Waals surface area contributed by atoms with Crippen molar-refractivity contribution in [3.63, 3.8) is 0 Å². The Hall–Kier alpha value is -1.22. The maximum Gasteiger partial charge on any atom is 0.125 e. The van der Waals surface area contributed by atoms with Crippen LogP contribution in [0.1, 0.15) is 36.9 Å².